The summed E-state index contributed by atoms with van der Waals surface area (Å²) in [5.74, 6) is -0.283. The molecule has 0 unspecified atom stereocenters. The zero-order chi connectivity index (χ0) is 23.0. The maximum absolute atomic E-state index is 13.1. The minimum Gasteiger partial charge on any atom is -0.352 e. The van der Waals surface area contributed by atoms with Crippen LogP contribution in [-0.2, 0) is 10.0 Å². The highest BCUT2D eigenvalue weighted by molar-refractivity contribution is 7.90. The molecule has 0 fully saturated rings. The Hall–Kier alpha value is -2.93. The molecule has 3 aromatic rings. The summed E-state index contributed by atoms with van der Waals surface area (Å²) in [6.45, 7) is 3.62. The van der Waals surface area contributed by atoms with E-state index in [4.69, 9.17) is 23.2 Å². The number of ketones is 1. The van der Waals surface area contributed by atoms with E-state index in [1.165, 1.54) is 6.08 Å². The van der Waals surface area contributed by atoms with Gasteiger partial charge >= 0.3 is 0 Å². The van der Waals surface area contributed by atoms with Crippen molar-refractivity contribution < 1.29 is 13.2 Å². The van der Waals surface area contributed by atoms with Crippen molar-refractivity contribution in [1.82, 2.24) is 0 Å². The number of hydrogen-bond acceptors (Lipinski definition) is 4. The molecular weight excluding hydrogens is 467 g/mol. The fourth-order valence-electron chi connectivity index (χ4n) is 3.49. The fourth-order valence-corrected chi connectivity index (χ4v) is 5.01. The number of hydrogen-bond donors (Lipinski definition) is 1. The van der Waals surface area contributed by atoms with Gasteiger partial charge in [-0.2, -0.15) is 12.8 Å². The average molecular weight is 485 g/mol. The molecule has 0 bridgehead atoms. The van der Waals surface area contributed by atoms with Crippen LogP contribution in [0.5, 0.6) is 0 Å². The van der Waals surface area contributed by atoms with E-state index in [-0.39, 0.29) is 22.1 Å². The number of nitrogens with one attached hydrogen (secondary N) is 1. The molecule has 0 aromatic heterocycles. The number of Topliss-reactive ketones (excluding diaryl/α,β-unsaturated/α-hetero) is 1. The minimum atomic E-state index is -4.01. The molecule has 1 aliphatic rings. The van der Waals surface area contributed by atoms with E-state index >= 15 is 0 Å². The number of nitrogens with zero attached hydrogens (tertiary/aromatic N) is 1. The van der Waals surface area contributed by atoms with Crippen LogP contribution in [0.15, 0.2) is 81.7 Å². The lowest BCUT2D eigenvalue weighted by Gasteiger charge is -2.19. The van der Waals surface area contributed by atoms with E-state index in [0.29, 0.717) is 32.4 Å². The molecule has 0 saturated carbocycles. The number of allylic oxidation sites excluding steroid dienone is 2. The van der Waals surface area contributed by atoms with Crippen molar-refractivity contribution in [2.45, 2.75) is 18.7 Å². The van der Waals surface area contributed by atoms with Crippen molar-refractivity contribution in [3.05, 3.63) is 105 Å². The van der Waals surface area contributed by atoms with Gasteiger partial charge in [0.2, 0.25) is 5.78 Å². The van der Waals surface area contributed by atoms with E-state index in [0.717, 1.165) is 5.56 Å². The lowest BCUT2D eigenvalue weighted by molar-refractivity contribution is 0.103. The highest BCUT2D eigenvalue weighted by atomic mass is 35.5. The van der Waals surface area contributed by atoms with Crippen molar-refractivity contribution in [3.8, 4) is 0 Å². The molecule has 162 valence electrons. The zero-order valence-corrected chi connectivity index (χ0v) is 19.5. The van der Waals surface area contributed by atoms with Gasteiger partial charge < -0.3 is 5.32 Å². The molecule has 8 heteroatoms. The molecule has 32 heavy (non-hydrogen) atoms. The summed E-state index contributed by atoms with van der Waals surface area (Å²) in [5.41, 5.74) is 3.25. The molecule has 0 spiro atoms. The normalized spacial score (nSPS) is 14.8. The summed E-state index contributed by atoms with van der Waals surface area (Å²) in [7, 11) is -4.01. The second-order valence-corrected chi connectivity index (χ2v) is 9.79. The lowest BCUT2D eigenvalue weighted by Crippen LogP contribution is -2.22. The van der Waals surface area contributed by atoms with Crippen molar-refractivity contribution in [2.24, 2.45) is 4.40 Å². The summed E-state index contributed by atoms with van der Waals surface area (Å²) >= 11 is 12.0. The Balaban J connectivity index is 1.83. The molecule has 5 nitrogen and oxygen atoms in total. The van der Waals surface area contributed by atoms with Gasteiger partial charge in [0.25, 0.3) is 10.0 Å². The standard InChI is InChI=1S/C24H18Cl2N2O3S/c1-14-7-10-23(15(2)11-14)32(30,31)28-21-13-22(24(29)18-6-4-3-5-17(18)21)27-16-8-9-19(25)20(26)12-16/h3-13,27H,1-2H3/b28-21+. The maximum atomic E-state index is 13.1. The number of anilines is 1. The van der Waals surface area contributed by atoms with Gasteiger partial charge in [-0.1, -0.05) is 65.2 Å². The van der Waals surface area contributed by atoms with Crippen molar-refractivity contribution in [1.29, 1.82) is 0 Å². The molecule has 0 atom stereocenters. The number of carbonyl (C=O) groups excluding carboxylic acids is 1. The Morgan fingerprint density at radius 1 is 0.875 bits per heavy atom. The van der Waals surface area contributed by atoms with Crippen LogP contribution in [-0.4, -0.2) is 19.9 Å². The van der Waals surface area contributed by atoms with Gasteiger partial charge in [-0.25, -0.2) is 0 Å². The largest absolute Gasteiger partial charge is 0.352 e. The highest BCUT2D eigenvalue weighted by Gasteiger charge is 2.26. The van der Waals surface area contributed by atoms with Crippen LogP contribution in [0, 0.1) is 13.8 Å². The molecule has 0 heterocycles. The van der Waals surface area contributed by atoms with Crippen LogP contribution in [0.4, 0.5) is 5.69 Å². The smallest absolute Gasteiger partial charge is 0.283 e. The van der Waals surface area contributed by atoms with Gasteiger partial charge in [0.15, 0.2) is 0 Å². The number of halogens is 2. The van der Waals surface area contributed by atoms with Crippen molar-refractivity contribution in [2.75, 3.05) is 5.32 Å². The van der Waals surface area contributed by atoms with Crippen LogP contribution < -0.4 is 5.32 Å². The van der Waals surface area contributed by atoms with E-state index in [2.05, 4.69) is 9.71 Å². The first-order chi connectivity index (χ1) is 15.2. The molecular formula is C24H18Cl2N2O3S. The third-order valence-electron chi connectivity index (χ3n) is 5.00. The molecule has 3 aromatic carbocycles. The molecule has 0 saturated heterocycles. The summed E-state index contributed by atoms with van der Waals surface area (Å²) < 4.78 is 30.3. The average Bonchev–Trinajstić information content (AvgIpc) is 2.73. The van der Waals surface area contributed by atoms with Crippen LogP contribution in [0.25, 0.3) is 0 Å². The Kier molecular flexibility index (Phi) is 5.95. The fraction of sp³-hybridized carbons (Fsp3) is 0.0833. The summed E-state index contributed by atoms with van der Waals surface area (Å²) in [6, 6.07) is 16.7. The first-order valence-electron chi connectivity index (χ1n) is 9.66. The minimum absolute atomic E-state index is 0.123. The van der Waals surface area contributed by atoms with Crippen LogP contribution in [0.2, 0.25) is 10.0 Å². The molecule has 0 radical (unpaired) electrons. The Bertz CT molecular complexity index is 1430. The van der Waals surface area contributed by atoms with Crippen LogP contribution in [0.1, 0.15) is 27.0 Å². The Morgan fingerprint density at radius 3 is 2.28 bits per heavy atom. The maximum Gasteiger partial charge on any atom is 0.283 e. The van der Waals surface area contributed by atoms with Crippen LogP contribution >= 0.6 is 23.2 Å². The number of carbonyl (C=O) groups is 1. The number of benzene rings is 3. The van der Waals surface area contributed by atoms with Crippen LogP contribution in [0.3, 0.4) is 0 Å². The highest BCUT2D eigenvalue weighted by Crippen LogP contribution is 2.29. The molecule has 4 rings (SSSR count). The monoisotopic (exact) mass is 484 g/mol. The predicted octanol–water partition coefficient (Wildman–Crippen LogP) is 5.98. The summed E-state index contributed by atoms with van der Waals surface area (Å²) in [4.78, 5) is 13.2. The first-order valence-corrected chi connectivity index (χ1v) is 11.9. The molecule has 1 N–H and O–H groups in total. The van der Waals surface area contributed by atoms with E-state index < -0.39 is 10.0 Å². The van der Waals surface area contributed by atoms with Crippen molar-refractivity contribution in [3.63, 3.8) is 0 Å². The Morgan fingerprint density at radius 2 is 1.59 bits per heavy atom. The zero-order valence-electron chi connectivity index (χ0n) is 17.2. The second kappa shape index (κ2) is 8.54. The molecule has 0 aliphatic heterocycles. The number of rotatable bonds is 4. The van der Waals surface area contributed by atoms with E-state index in [1.54, 1.807) is 67.6 Å². The van der Waals surface area contributed by atoms with Gasteiger partial charge in [0.1, 0.15) is 0 Å². The van der Waals surface area contributed by atoms with Gasteiger partial charge in [0, 0.05) is 16.8 Å². The SMILES string of the molecule is Cc1ccc(S(=O)(=O)/N=C2\C=C(Nc3ccc(Cl)c(Cl)c3)C(=O)c3ccccc32)c(C)c1. The predicted molar refractivity (Wildman–Crippen MR) is 129 cm³/mol. The van der Waals surface area contributed by atoms with Crippen molar-refractivity contribution >= 4 is 50.4 Å². The topological polar surface area (TPSA) is 75.6 Å². The first kappa shape index (κ1) is 22.3. The van der Waals surface area contributed by atoms with Gasteiger partial charge in [-0.3, -0.25) is 4.79 Å². The van der Waals surface area contributed by atoms with Gasteiger partial charge in [0.05, 0.1) is 26.3 Å². The third kappa shape index (κ3) is 4.35. The summed E-state index contributed by atoms with van der Waals surface area (Å²) in [6.07, 6.45) is 1.44. The number of aryl methyl sites for hydroxylation is 2. The number of sulfonamides is 1. The van der Waals surface area contributed by atoms with E-state index in [9.17, 15) is 13.2 Å². The number of fused-ring (bicyclic) bond motifs is 1. The Labute approximate surface area is 196 Å². The van der Waals surface area contributed by atoms with Gasteiger partial charge in [-0.15, -0.1) is 0 Å². The van der Waals surface area contributed by atoms with E-state index in [1.807, 2.05) is 6.92 Å². The van der Waals surface area contributed by atoms with Gasteiger partial charge in [-0.05, 0) is 49.8 Å². The molecule has 1 aliphatic carbocycles. The lowest BCUT2D eigenvalue weighted by atomic mass is 9.92. The quantitative estimate of drug-likeness (QED) is 0.493. The third-order valence-corrected chi connectivity index (χ3v) is 7.19. The molecule has 0 amide bonds. The second-order valence-electron chi connectivity index (χ2n) is 7.41. The summed E-state index contributed by atoms with van der Waals surface area (Å²) in [5, 5.41) is 3.72.